The molecule has 0 fully saturated rings. The van der Waals surface area contributed by atoms with Crippen molar-refractivity contribution in [2.75, 3.05) is 27.4 Å². The second-order valence-electron chi connectivity index (χ2n) is 5.36. The van der Waals surface area contributed by atoms with Gasteiger partial charge in [0.25, 0.3) is 0 Å². The van der Waals surface area contributed by atoms with Crippen molar-refractivity contribution in [3.05, 3.63) is 48.2 Å². The predicted molar refractivity (Wildman–Crippen MR) is 94.3 cm³/mol. The summed E-state index contributed by atoms with van der Waals surface area (Å²) in [4.78, 5) is 10.8. The molecule has 0 N–H and O–H groups in total. The number of aldehydes is 1. The summed E-state index contributed by atoms with van der Waals surface area (Å²) in [5, 5.41) is 9.15. The van der Waals surface area contributed by atoms with E-state index in [0.29, 0.717) is 35.8 Å². The smallest absolute Gasteiger partial charge is 0.162 e. The van der Waals surface area contributed by atoms with Gasteiger partial charge in [0, 0.05) is 29.7 Å². The Kier molecular flexibility index (Phi) is 5.20. The van der Waals surface area contributed by atoms with Crippen molar-refractivity contribution < 1.29 is 19.0 Å². The molecule has 0 aliphatic rings. The number of carbonyl (C=O) groups excluding carboxylic acids is 1. The number of rotatable bonds is 7. The zero-order valence-corrected chi connectivity index (χ0v) is 14.1. The first-order valence-electron chi connectivity index (χ1n) is 7.77. The van der Waals surface area contributed by atoms with E-state index in [1.54, 1.807) is 38.6 Å². The van der Waals surface area contributed by atoms with Crippen LogP contribution in [0.4, 0.5) is 0 Å². The highest BCUT2D eigenvalue weighted by Gasteiger charge is 2.12. The molecule has 0 aliphatic heterocycles. The van der Waals surface area contributed by atoms with E-state index in [4.69, 9.17) is 14.2 Å². The van der Waals surface area contributed by atoms with E-state index in [2.05, 4.69) is 10.2 Å². The van der Waals surface area contributed by atoms with Crippen LogP contribution >= 0.6 is 0 Å². The van der Waals surface area contributed by atoms with E-state index < -0.39 is 0 Å². The lowest BCUT2D eigenvalue weighted by Crippen LogP contribution is -2.05. The fourth-order valence-corrected chi connectivity index (χ4v) is 2.54. The number of hydrogen-bond donors (Lipinski definition) is 0. The molecule has 1 heterocycles. The van der Waals surface area contributed by atoms with Gasteiger partial charge in [-0.25, -0.2) is 0 Å². The highest BCUT2D eigenvalue weighted by Crippen LogP contribution is 2.35. The highest BCUT2D eigenvalue weighted by molar-refractivity contribution is 5.96. The van der Waals surface area contributed by atoms with Gasteiger partial charge in [-0.1, -0.05) is 24.3 Å². The van der Waals surface area contributed by atoms with Gasteiger partial charge in [-0.3, -0.25) is 4.79 Å². The second-order valence-corrected chi connectivity index (χ2v) is 5.36. The summed E-state index contributed by atoms with van der Waals surface area (Å²) in [6, 6.07) is 11.0. The van der Waals surface area contributed by atoms with E-state index in [1.165, 1.54) is 0 Å². The average molecular weight is 338 g/mol. The molecule has 0 bridgehead atoms. The Bertz CT molecular complexity index is 878. The Hall–Kier alpha value is -2.99. The number of benzene rings is 2. The van der Waals surface area contributed by atoms with E-state index in [-0.39, 0.29) is 0 Å². The summed E-state index contributed by atoms with van der Waals surface area (Å²) in [6.45, 7) is 0.899. The molecule has 0 saturated carbocycles. The molecule has 0 radical (unpaired) electrons. The molecule has 6 nitrogen and oxygen atoms in total. The summed E-state index contributed by atoms with van der Waals surface area (Å²) in [5.74, 6) is 1.21. The Morgan fingerprint density at radius 3 is 2.52 bits per heavy atom. The first-order valence-corrected chi connectivity index (χ1v) is 7.77. The van der Waals surface area contributed by atoms with Gasteiger partial charge in [-0.2, -0.15) is 10.2 Å². The largest absolute Gasteiger partial charge is 0.493 e. The molecular formula is C19H18N2O4. The minimum absolute atomic E-state index is 0.417. The maximum atomic E-state index is 10.8. The summed E-state index contributed by atoms with van der Waals surface area (Å²) in [6.07, 6.45) is 2.52. The lowest BCUT2D eigenvalue weighted by atomic mass is 10.0. The van der Waals surface area contributed by atoms with Crippen molar-refractivity contribution >= 4 is 17.2 Å². The molecule has 2 aromatic carbocycles. The van der Waals surface area contributed by atoms with Crippen LogP contribution in [0.2, 0.25) is 0 Å². The van der Waals surface area contributed by atoms with Crippen LogP contribution < -0.4 is 9.47 Å². The van der Waals surface area contributed by atoms with Crippen LogP contribution in [0.25, 0.3) is 22.0 Å². The molecule has 0 unspecified atom stereocenters. The Labute approximate surface area is 145 Å². The maximum absolute atomic E-state index is 10.8. The Morgan fingerprint density at radius 2 is 1.84 bits per heavy atom. The number of methoxy groups -OCH3 is 2. The molecule has 0 atom stereocenters. The van der Waals surface area contributed by atoms with Gasteiger partial charge in [-0.05, 0) is 11.6 Å². The minimum atomic E-state index is 0.417. The van der Waals surface area contributed by atoms with Crippen LogP contribution in [0, 0.1) is 0 Å². The predicted octanol–water partition coefficient (Wildman–Crippen LogP) is 3.14. The SMILES string of the molecule is COCCOc1cc2c(-c3ccc(C=O)cc3)cnnc2cc1OC. The summed E-state index contributed by atoms with van der Waals surface area (Å²) < 4.78 is 16.2. The molecule has 6 heteroatoms. The van der Waals surface area contributed by atoms with E-state index in [9.17, 15) is 4.79 Å². The topological polar surface area (TPSA) is 70.5 Å². The van der Waals surface area contributed by atoms with Gasteiger partial charge in [0.2, 0.25) is 0 Å². The van der Waals surface area contributed by atoms with Gasteiger partial charge in [0.15, 0.2) is 11.5 Å². The molecule has 0 aliphatic carbocycles. The maximum Gasteiger partial charge on any atom is 0.162 e. The molecule has 3 rings (SSSR count). The third-order valence-electron chi connectivity index (χ3n) is 3.83. The van der Waals surface area contributed by atoms with Crippen LogP contribution in [-0.4, -0.2) is 43.9 Å². The average Bonchev–Trinajstić information content (AvgIpc) is 2.67. The number of nitrogens with zero attached hydrogens (tertiary/aromatic N) is 2. The third kappa shape index (κ3) is 3.59. The fourth-order valence-electron chi connectivity index (χ4n) is 2.54. The van der Waals surface area contributed by atoms with Crippen LogP contribution in [0.1, 0.15) is 10.4 Å². The van der Waals surface area contributed by atoms with Crippen LogP contribution in [0.15, 0.2) is 42.6 Å². The second kappa shape index (κ2) is 7.72. The normalized spacial score (nSPS) is 10.6. The molecular weight excluding hydrogens is 320 g/mol. The van der Waals surface area contributed by atoms with Crippen LogP contribution in [0.3, 0.4) is 0 Å². The fraction of sp³-hybridized carbons (Fsp3) is 0.211. The summed E-state index contributed by atoms with van der Waals surface area (Å²) in [5.41, 5.74) is 3.17. The van der Waals surface area contributed by atoms with Crippen molar-refractivity contribution in [3.63, 3.8) is 0 Å². The molecule has 1 aromatic heterocycles. The first kappa shape index (κ1) is 16.9. The van der Waals surface area contributed by atoms with Gasteiger partial charge >= 0.3 is 0 Å². The summed E-state index contributed by atoms with van der Waals surface area (Å²) >= 11 is 0. The molecule has 25 heavy (non-hydrogen) atoms. The number of ether oxygens (including phenoxy) is 3. The molecule has 128 valence electrons. The quantitative estimate of drug-likeness (QED) is 0.487. The van der Waals surface area contributed by atoms with E-state index >= 15 is 0 Å². The standard InChI is InChI=1S/C19H18N2O4/c1-23-7-8-25-19-9-15-16(14-5-3-13(12-22)4-6-14)11-20-21-17(15)10-18(19)24-2/h3-6,9-12H,7-8H2,1-2H3. The lowest BCUT2D eigenvalue weighted by Gasteiger charge is -2.13. The molecule has 3 aromatic rings. The van der Waals surface area contributed by atoms with Crippen LogP contribution in [0.5, 0.6) is 11.5 Å². The minimum Gasteiger partial charge on any atom is -0.493 e. The molecule has 0 spiro atoms. The van der Waals surface area contributed by atoms with Crippen molar-refractivity contribution in [2.45, 2.75) is 0 Å². The number of aromatic nitrogens is 2. The zero-order valence-electron chi connectivity index (χ0n) is 14.1. The molecule has 0 saturated heterocycles. The third-order valence-corrected chi connectivity index (χ3v) is 3.83. The van der Waals surface area contributed by atoms with Crippen molar-refractivity contribution in [1.29, 1.82) is 0 Å². The monoisotopic (exact) mass is 338 g/mol. The van der Waals surface area contributed by atoms with Crippen molar-refractivity contribution in [1.82, 2.24) is 10.2 Å². The van der Waals surface area contributed by atoms with Gasteiger partial charge in [-0.15, -0.1) is 0 Å². The lowest BCUT2D eigenvalue weighted by molar-refractivity contribution is 0.112. The number of fused-ring (bicyclic) bond motifs is 1. The Morgan fingerprint density at radius 1 is 1.04 bits per heavy atom. The van der Waals surface area contributed by atoms with Gasteiger partial charge in [0.05, 0.1) is 25.4 Å². The van der Waals surface area contributed by atoms with E-state index in [0.717, 1.165) is 22.8 Å². The van der Waals surface area contributed by atoms with Gasteiger partial charge in [0.1, 0.15) is 12.9 Å². The Balaban J connectivity index is 2.08. The van der Waals surface area contributed by atoms with Crippen molar-refractivity contribution in [2.24, 2.45) is 0 Å². The highest BCUT2D eigenvalue weighted by atomic mass is 16.5. The van der Waals surface area contributed by atoms with Crippen molar-refractivity contribution in [3.8, 4) is 22.6 Å². The van der Waals surface area contributed by atoms with Gasteiger partial charge < -0.3 is 14.2 Å². The number of carbonyl (C=O) groups is 1. The zero-order chi connectivity index (χ0) is 17.6. The van der Waals surface area contributed by atoms with Crippen LogP contribution in [-0.2, 0) is 4.74 Å². The van der Waals surface area contributed by atoms with E-state index in [1.807, 2.05) is 18.2 Å². The summed E-state index contributed by atoms with van der Waals surface area (Å²) in [7, 11) is 3.21. The number of hydrogen-bond acceptors (Lipinski definition) is 6. The molecule has 0 amide bonds. The first-order chi connectivity index (χ1) is 12.3.